The van der Waals surface area contributed by atoms with Crippen LogP contribution >= 0.6 is 12.4 Å². The van der Waals surface area contributed by atoms with Gasteiger partial charge >= 0.3 is 6.18 Å². The van der Waals surface area contributed by atoms with Crippen LogP contribution < -0.4 is 10.5 Å². The van der Waals surface area contributed by atoms with Gasteiger partial charge in [-0.2, -0.15) is 13.2 Å². The van der Waals surface area contributed by atoms with Crippen LogP contribution in [0.5, 0.6) is 0 Å². The second kappa shape index (κ2) is 6.93. The largest absolute Gasteiger partial charge is 0.389 e. The van der Waals surface area contributed by atoms with E-state index in [2.05, 4.69) is 4.72 Å². The maximum atomic E-state index is 11.9. The first-order valence-corrected chi connectivity index (χ1v) is 7.15. The Balaban J connectivity index is 0.00000289. The van der Waals surface area contributed by atoms with E-state index in [1.807, 2.05) is 0 Å². The van der Waals surface area contributed by atoms with E-state index in [1.165, 1.54) is 0 Å². The fourth-order valence-electron chi connectivity index (χ4n) is 1.59. The second-order valence-corrected chi connectivity index (χ2v) is 6.21. The lowest BCUT2D eigenvalue weighted by Crippen LogP contribution is -2.42. The summed E-state index contributed by atoms with van der Waals surface area (Å²) in [6.07, 6.45) is -3.95. The summed E-state index contributed by atoms with van der Waals surface area (Å²) in [5.41, 5.74) is 5.41. The summed E-state index contributed by atoms with van der Waals surface area (Å²) in [6, 6.07) is -0.328. The molecule has 1 rings (SSSR count). The molecule has 0 aliphatic heterocycles. The average molecular weight is 311 g/mol. The molecule has 18 heavy (non-hydrogen) atoms. The van der Waals surface area contributed by atoms with Gasteiger partial charge in [0.15, 0.2) is 0 Å². The van der Waals surface area contributed by atoms with Crippen LogP contribution in [0.4, 0.5) is 13.2 Å². The van der Waals surface area contributed by atoms with Crippen molar-refractivity contribution >= 4 is 22.4 Å². The standard InChI is InChI=1S/C9H17F3N2O2S.ClH/c10-9(11,12)4-1-5-17(15,16)14-8(6-13)7-2-3-7;/h7-8,14H,1-6,13H2;1H. The van der Waals surface area contributed by atoms with Gasteiger partial charge in [0, 0.05) is 19.0 Å². The van der Waals surface area contributed by atoms with Crippen LogP contribution in [-0.2, 0) is 10.0 Å². The van der Waals surface area contributed by atoms with Crippen molar-refractivity contribution in [3.8, 4) is 0 Å². The predicted molar refractivity (Wildman–Crippen MR) is 65.0 cm³/mol. The maximum absolute atomic E-state index is 11.9. The molecular weight excluding hydrogens is 293 g/mol. The van der Waals surface area contributed by atoms with E-state index in [-0.39, 0.29) is 30.9 Å². The Bertz CT molecular complexity index is 344. The van der Waals surface area contributed by atoms with Crippen LogP contribution in [0, 0.1) is 5.92 Å². The van der Waals surface area contributed by atoms with Crippen molar-refractivity contribution < 1.29 is 21.6 Å². The molecule has 1 aliphatic rings. The third kappa shape index (κ3) is 7.40. The van der Waals surface area contributed by atoms with Gasteiger partial charge in [-0.25, -0.2) is 13.1 Å². The van der Waals surface area contributed by atoms with Crippen molar-refractivity contribution in [3.05, 3.63) is 0 Å². The second-order valence-electron chi connectivity index (χ2n) is 4.34. The molecule has 0 aromatic carbocycles. The Kier molecular flexibility index (Phi) is 6.91. The summed E-state index contributed by atoms with van der Waals surface area (Å²) in [6.45, 7) is 0.184. The van der Waals surface area contributed by atoms with Crippen molar-refractivity contribution in [1.29, 1.82) is 0 Å². The Morgan fingerprint density at radius 3 is 2.28 bits per heavy atom. The number of halogens is 4. The summed E-state index contributed by atoms with van der Waals surface area (Å²) in [7, 11) is -3.65. The third-order valence-corrected chi connectivity index (χ3v) is 4.14. The monoisotopic (exact) mass is 310 g/mol. The molecule has 0 amide bonds. The number of alkyl halides is 3. The summed E-state index contributed by atoms with van der Waals surface area (Å²) in [5.74, 6) is -0.257. The molecule has 0 aromatic heterocycles. The maximum Gasteiger partial charge on any atom is 0.389 e. The number of sulfonamides is 1. The van der Waals surface area contributed by atoms with Crippen molar-refractivity contribution in [2.75, 3.05) is 12.3 Å². The average Bonchev–Trinajstić information content (AvgIpc) is 2.94. The van der Waals surface area contributed by atoms with E-state index in [0.717, 1.165) is 12.8 Å². The Hall–Kier alpha value is -0.0500. The lowest BCUT2D eigenvalue weighted by molar-refractivity contribution is -0.134. The van der Waals surface area contributed by atoms with Gasteiger partial charge in [0.05, 0.1) is 5.75 Å². The highest BCUT2D eigenvalue weighted by Crippen LogP contribution is 2.32. The molecule has 4 nitrogen and oxygen atoms in total. The van der Waals surface area contributed by atoms with Crippen molar-refractivity contribution in [3.63, 3.8) is 0 Å². The predicted octanol–water partition coefficient (Wildman–Crippen LogP) is 1.41. The van der Waals surface area contributed by atoms with Crippen LogP contribution in [0.25, 0.3) is 0 Å². The van der Waals surface area contributed by atoms with Crippen LogP contribution in [0.3, 0.4) is 0 Å². The molecule has 110 valence electrons. The topological polar surface area (TPSA) is 72.2 Å². The molecule has 0 heterocycles. The quantitative estimate of drug-likeness (QED) is 0.747. The molecule has 1 unspecified atom stereocenters. The van der Waals surface area contributed by atoms with E-state index in [9.17, 15) is 21.6 Å². The lowest BCUT2D eigenvalue weighted by Gasteiger charge is -2.16. The highest BCUT2D eigenvalue weighted by molar-refractivity contribution is 7.89. The molecule has 0 aromatic rings. The SMILES string of the molecule is Cl.NCC(NS(=O)(=O)CCCC(F)(F)F)C1CC1. The molecule has 0 radical (unpaired) electrons. The van der Waals surface area contributed by atoms with Crippen LogP contribution in [-0.4, -0.2) is 32.9 Å². The Morgan fingerprint density at radius 2 is 1.89 bits per heavy atom. The molecule has 1 atom stereocenters. The van der Waals surface area contributed by atoms with E-state index < -0.39 is 34.8 Å². The van der Waals surface area contributed by atoms with Gasteiger partial charge < -0.3 is 5.73 Å². The minimum Gasteiger partial charge on any atom is -0.329 e. The van der Waals surface area contributed by atoms with Crippen LogP contribution in [0.15, 0.2) is 0 Å². The fourth-order valence-corrected chi connectivity index (χ4v) is 2.98. The minimum atomic E-state index is -4.31. The highest BCUT2D eigenvalue weighted by Gasteiger charge is 2.33. The third-order valence-electron chi connectivity index (χ3n) is 2.65. The lowest BCUT2D eigenvalue weighted by atomic mass is 10.2. The number of hydrogen-bond donors (Lipinski definition) is 2. The van der Waals surface area contributed by atoms with Gasteiger partial charge in [0.2, 0.25) is 10.0 Å². The van der Waals surface area contributed by atoms with Gasteiger partial charge in [-0.3, -0.25) is 0 Å². The first kappa shape index (κ1) is 17.9. The van der Waals surface area contributed by atoms with Gasteiger partial charge in [0.1, 0.15) is 0 Å². The van der Waals surface area contributed by atoms with Gasteiger partial charge in [-0.15, -0.1) is 12.4 Å². The van der Waals surface area contributed by atoms with Crippen LogP contribution in [0.1, 0.15) is 25.7 Å². The highest BCUT2D eigenvalue weighted by atomic mass is 35.5. The van der Waals surface area contributed by atoms with E-state index in [1.54, 1.807) is 0 Å². The first-order valence-electron chi connectivity index (χ1n) is 5.50. The number of rotatable bonds is 7. The van der Waals surface area contributed by atoms with Crippen molar-refractivity contribution in [1.82, 2.24) is 4.72 Å². The number of nitrogens with two attached hydrogens (primary N) is 1. The molecule has 3 N–H and O–H groups in total. The summed E-state index contributed by atoms with van der Waals surface area (Å²) >= 11 is 0. The van der Waals surface area contributed by atoms with E-state index in [0.29, 0.717) is 0 Å². The fraction of sp³-hybridized carbons (Fsp3) is 1.00. The van der Waals surface area contributed by atoms with Gasteiger partial charge in [0.25, 0.3) is 0 Å². The normalized spacial score (nSPS) is 18.2. The molecule has 0 bridgehead atoms. The number of hydrogen-bond acceptors (Lipinski definition) is 3. The van der Waals surface area contributed by atoms with Crippen molar-refractivity contribution in [2.24, 2.45) is 11.7 Å². The van der Waals surface area contributed by atoms with E-state index >= 15 is 0 Å². The molecule has 1 fully saturated rings. The van der Waals surface area contributed by atoms with Gasteiger partial charge in [-0.1, -0.05) is 0 Å². The summed E-state index contributed by atoms with van der Waals surface area (Å²) < 4.78 is 60.9. The zero-order chi connectivity index (χ0) is 13.1. The van der Waals surface area contributed by atoms with Gasteiger partial charge in [-0.05, 0) is 25.2 Å². The van der Waals surface area contributed by atoms with Crippen LogP contribution in [0.2, 0.25) is 0 Å². The molecule has 1 aliphatic carbocycles. The summed E-state index contributed by atoms with van der Waals surface area (Å²) in [4.78, 5) is 0. The first-order chi connectivity index (χ1) is 7.73. The molecule has 9 heteroatoms. The molecule has 1 saturated carbocycles. The zero-order valence-corrected chi connectivity index (χ0v) is 11.4. The molecule has 0 spiro atoms. The zero-order valence-electron chi connectivity index (χ0n) is 9.74. The smallest absolute Gasteiger partial charge is 0.329 e. The Morgan fingerprint density at radius 1 is 1.33 bits per heavy atom. The summed E-state index contributed by atoms with van der Waals surface area (Å²) in [5, 5.41) is 0. The van der Waals surface area contributed by atoms with E-state index in [4.69, 9.17) is 5.73 Å². The number of nitrogens with one attached hydrogen (secondary N) is 1. The van der Waals surface area contributed by atoms with Crippen molar-refractivity contribution in [2.45, 2.75) is 37.9 Å². The Labute approximate surface area is 111 Å². The minimum absolute atomic E-state index is 0. The molecular formula is C9H18ClF3N2O2S. The molecule has 0 saturated heterocycles.